The molecule has 0 aliphatic heterocycles. The highest BCUT2D eigenvalue weighted by Gasteiger charge is 2.07. The predicted octanol–water partition coefficient (Wildman–Crippen LogP) is 2.42. The molecule has 2 amide bonds. The van der Waals surface area contributed by atoms with E-state index in [1.54, 1.807) is 24.3 Å². The first-order valence-corrected chi connectivity index (χ1v) is 5.65. The van der Waals surface area contributed by atoms with Crippen LogP contribution in [-0.4, -0.2) is 17.9 Å². The summed E-state index contributed by atoms with van der Waals surface area (Å²) in [4.78, 5) is 22.8. The van der Waals surface area contributed by atoms with Crippen molar-refractivity contribution in [2.45, 2.75) is 26.3 Å². The number of hydrogen-bond donors (Lipinski definition) is 2. The largest absolute Gasteiger partial charge is 0.334 e. The van der Waals surface area contributed by atoms with Gasteiger partial charge in [-0.15, -0.1) is 12.3 Å². The fourth-order valence-electron chi connectivity index (χ4n) is 1.43. The molecule has 1 rings (SSSR count). The Labute approximate surface area is 107 Å². The zero-order valence-corrected chi connectivity index (χ0v) is 10.5. The normalized spacial score (nSPS) is 11.2. The van der Waals surface area contributed by atoms with Crippen LogP contribution in [0.15, 0.2) is 24.3 Å². The number of nitrogens with one attached hydrogen (secondary N) is 2. The monoisotopic (exact) mass is 244 g/mol. The maximum atomic E-state index is 11.6. The van der Waals surface area contributed by atoms with Crippen molar-refractivity contribution >= 4 is 17.5 Å². The summed E-state index contributed by atoms with van der Waals surface area (Å²) >= 11 is 0. The van der Waals surface area contributed by atoms with Crippen molar-refractivity contribution in [3.05, 3.63) is 29.8 Å². The summed E-state index contributed by atoms with van der Waals surface area (Å²) in [5, 5.41) is 5.36. The Morgan fingerprint density at radius 1 is 1.44 bits per heavy atom. The lowest BCUT2D eigenvalue weighted by atomic mass is 10.1. The SMILES string of the molecule is C#CCC(C)NC(=O)Nc1cccc(C(C)=O)c1. The van der Waals surface area contributed by atoms with Gasteiger partial charge < -0.3 is 10.6 Å². The van der Waals surface area contributed by atoms with Gasteiger partial charge in [0.2, 0.25) is 0 Å². The topological polar surface area (TPSA) is 58.2 Å². The number of rotatable bonds is 4. The molecule has 1 aromatic rings. The maximum absolute atomic E-state index is 11.6. The Kier molecular flexibility index (Phi) is 4.94. The van der Waals surface area contributed by atoms with E-state index >= 15 is 0 Å². The summed E-state index contributed by atoms with van der Waals surface area (Å²) in [7, 11) is 0. The Hall–Kier alpha value is -2.28. The van der Waals surface area contributed by atoms with Crippen LogP contribution < -0.4 is 10.6 Å². The molecular weight excluding hydrogens is 228 g/mol. The van der Waals surface area contributed by atoms with Gasteiger partial charge in [0.15, 0.2) is 5.78 Å². The summed E-state index contributed by atoms with van der Waals surface area (Å²) in [6, 6.07) is 6.35. The highest BCUT2D eigenvalue weighted by atomic mass is 16.2. The van der Waals surface area contributed by atoms with E-state index in [0.29, 0.717) is 17.7 Å². The lowest BCUT2D eigenvalue weighted by molar-refractivity contribution is 0.101. The van der Waals surface area contributed by atoms with Gasteiger partial charge in [0, 0.05) is 23.7 Å². The third kappa shape index (κ3) is 4.30. The molecule has 0 heterocycles. The minimum atomic E-state index is -0.335. The van der Waals surface area contributed by atoms with Crippen LogP contribution in [0.25, 0.3) is 0 Å². The Bertz CT molecular complexity index is 489. The Morgan fingerprint density at radius 3 is 2.78 bits per heavy atom. The van der Waals surface area contributed by atoms with E-state index in [-0.39, 0.29) is 17.9 Å². The number of ketones is 1. The third-order valence-electron chi connectivity index (χ3n) is 2.33. The first kappa shape index (κ1) is 13.8. The van der Waals surface area contributed by atoms with E-state index in [1.807, 2.05) is 6.92 Å². The van der Waals surface area contributed by atoms with Crippen molar-refractivity contribution in [1.29, 1.82) is 0 Å². The van der Waals surface area contributed by atoms with Crippen LogP contribution in [0.1, 0.15) is 30.6 Å². The molecule has 1 unspecified atom stereocenters. The van der Waals surface area contributed by atoms with Gasteiger partial charge in [-0.05, 0) is 26.0 Å². The number of terminal acetylenes is 1. The highest BCUT2D eigenvalue weighted by Crippen LogP contribution is 2.11. The molecule has 0 aliphatic rings. The summed E-state index contributed by atoms with van der Waals surface area (Å²) in [5.41, 5.74) is 1.14. The van der Waals surface area contributed by atoms with E-state index < -0.39 is 0 Å². The zero-order chi connectivity index (χ0) is 13.5. The molecule has 2 N–H and O–H groups in total. The van der Waals surface area contributed by atoms with Crippen molar-refractivity contribution in [1.82, 2.24) is 5.32 Å². The number of urea groups is 1. The molecule has 0 saturated heterocycles. The average Bonchev–Trinajstić information content (AvgIpc) is 2.29. The number of anilines is 1. The zero-order valence-electron chi connectivity index (χ0n) is 10.5. The summed E-state index contributed by atoms with van der Waals surface area (Å²) in [6.45, 7) is 3.31. The molecular formula is C14H16N2O2. The van der Waals surface area contributed by atoms with Gasteiger partial charge in [0.1, 0.15) is 0 Å². The van der Waals surface area contributed by atoms with Gasteiger partial charge in [-0.3, -0.25) is 4.79 Å². The molecule has 0 aromatic heterocycles. The minimum absolute atomic E-state index is 0.0419. The van der Waals surface area contributed by atoms with E-state index in [4.69, 9.17) is 6.42 Å². The van der Waals surface area contributed by atoms with Gasteiger partial charge in [-0.1, -0.05) is 12.1 Å². The summed E-state index contributed by atoms with van der Waals surface area (Å²) in [5.74, 6) is 2.43. The van der Waals surface area contributed by atoms with E-state index in [1.165, 1.54) is 6.92 Å². The molecule has 0 saturated carbocycles. The van der Waals surface area contributed by atoms with Crippen LogP contribution >= 0.6 is 0 Å². The number of carbonyl (C=O) groups is 2. The molecule has 0 radical (unpaired) electrons. The Balaban J connectivity index is 2.62. The van der Waals surface area contributed by atoms with E-state index in [9.17, 15) is 9.59 Å². The molecule has 18 heavy (non-hydrogen) atoms. The summed E-state index contributed by atoms with van der Waals surface area (Å²) in [6.07, 6.45) is 5.62. The quantitative estimate of drug-likeness (QED) is 0.631. The van der Waals surface area contributed by atoms with Crippen molar-refractivity contribution in [3.8, 4) is 12.3 Å². The van der Waals surface area contributed by atoms with Crippen molar-refractivity contribution in [2.75, 3.05) is 5.32 Å². The van der Waals surface area contributed by atoms with Crippen molar-refractivity contribution < 1.29 is 9.59 Å². The standard InChI is InChI=1S/C14H16N2O2/c1-4-6-10(2)15-14(18)16-13-8-5-7-12(9-13)11(3)17/h1,5,7-10H,6H2,2-3H3,(H2,15,16,18). The van der Waals surface area contributed by atoms with Crippen LogP contribution in [0.5, 0.6) is 0 Å². The fourth-order valence-corrected chi connectivity index (χ4v) is 1.43. The predicted molar refractivity (Wildman–Crippen MR) is 71.5 cm³/mol. The minimum Gasteiger partial charge on any atom is -0.334 e. The molecule has 1 aromatic carbocycles. The van der Waals surface area contributed by atoms with Crippen LogP contribution in [0.4, 0.5) is 10.5 Å². The number of benzene rings is 1. The number of Topliss-reactive ketones (excluding diaryl/α,β-unsaturated/α-hetero) is 1. The molecule has 4 nitrogen and oxygen atoms in total. The lowest BCUT2D eigenvalue weighted by Crippen LogP contribution is -2.35. The number of carbonyl (C=O) groups excluding carboxylic acids is 2. The highest BCUT2D eigenvalue weighted by molar-refractivity contribution is 5.96. The van der Waals surface area contributed by atoms with E-state index in [2.05, 4.69) is 16.6 Å². The van der Waals surface area contributed by atoms with Gasteiger partial charge in [-0.25, -0.2) is 4.79 Å². The second-order valence-electron chi connectivity index (χ2n) is 4.04. The number of hydrogen-bond acceptors (Lipinski definition) is 2. The summed E-state index contributed by atoms with van der Waals surface area (Å²) < 4.78 is 0. The van der Waals surface area contributed by atoms with Gasteiger partial charge in [0.05, 0.1) is 0 Å². The Morgan fingerprint density at radius 2 is 2.17 bits per heavy atom. The van der Waals surface area contributed by atoms with Crippen LogP contribution in [-0.2, 0) is 0 Å². The molecule has 0 spiro atoms. The molecule has 0 aliphatic carbocycles. The molecule has 0 bridgehead atoms. The van der Waals surface area contributed by atoms with Gasteiger partial charge in [0.25, 0.3) is 0 Å². The molecule has 0 fully saturated rings. The number of amides is 2. The van der Waals surface area contributed by atoms with Crippen LogP contribution in [0.2, 0.25) is 0 Å². The van der Waals surface area contributed by atoms with Crippen LogP contribution in [0.3, 0.4) is 0 Å². The van der Waals surface area contributed by atoms with Crippen molar-refractivity contribution in [3.63, 3.8) is 0 Å². The first-order valence-electron chi connectivity index (χ1n) is 5.65. The van der Waals surface area contributed by atoms with Crippen LogP contribution in [0, 0.1) is 12.3 Å². The average molecular weight is 244 g/mol. The molecule has 1 atom stereocenters. The second-order valence-corrected chi connectivity index (χ2v) is 4.04. The third-order valence-corrected chi connectivity index (χ3v) is 2.33. The van der Waals surface area contributed by atoms with Gasteiger partial charge >= 0.3 is 6.03 Å². The van der Waals surface area contributed by atoms with Gasteiger partial charge in [-0.2, -0.15) is 0 Å². The van der Waals surface area contributed by atoms with E-state index in [0.717, 1.165) is 0 Å². The smallest absolute Gasteiger partial charge is 0.319 e. The fraction of sp³-hybridized carbons (Fsp3) is 0.286. The maximum Gasteiger partial charge on any atom is 0.319 e. The second kappa shape index (κ2) is 6.45. The molecule has 94 valence electrons. The first-order chi connectivity index (χ1) is 8.52. The molecule has 4 heteroatoms. The van der Waals surface area contributed by atoms with Crippen molar-refractivity contribution in [2.24, 2.45) is 0 Å². The lowest BCUT2D eigenvalue weighted by Gasteiger charge is -2.12.